The molecule has 8 heteroatoms. The zero-order valence-electron chi connectivity index (χ0n) is 13.4. The van der Waals surface area contributed by atoms with Crippen LogP contribution in [0, 0.1) is 5.82 Å². The molecule has 0 saturated heterocycles. The van der Waals surface area contributed by atoms with Gasteiger partial charge in [-0.15, -0.1) is 11.8 Å². The summed E-state index contributed by atoms with van der Waals surface area (Å²) in [6, 6.07) is 12.8. The molecule has 26 heavy (non-hydrogen) atoms. The minimum absolute atomic E-state index is 0.0696. The zero-order chi connectivity index (χ0) is 18.1. The van der Waals surface area contributed by atoms with Gasteiger partial charge in [0.2, 0.25) is 5.91 Å². The second-order valence-electron chi connectivity index (χ2n) is 5.63. The summed E-state index contributed by atoms with van der Waals surface area (Å²) in [4.78, 5) is 24.8. The Morgan fingerprint density at radius 1 is 1.23 bits per heavy atom. The number of hydrogen-bond donors (Lipinski definition) is 2. The maximum atomic E-state index is 13.3. The van der Waals surface area contributed by atoms with Crippen molar-refractivity contribution in [3.05, 3.63) is 66.2 Å². The lowest BCUT2D eigenvalue weighted by Crippen LogP contribution is -2.19. The summed E-state index contributed by atoms with van der Waals surface area (Å²) in [7, 11) is 0. The molecule has 1 aliphatic rings. The van der Waals surface area contributed by atoms with E-state index in [0.29, 0.717) is 22.8 Å². The highest BCUT2D eigenvalue weighted by Gasteiger charge is 2.17. The van der Waals surface area contributed by atoms with Crippen molar-refractivity contribution in [2.24, 2.45) is 0 Å². The summed E-state index contributed by atoms with van der Waals surface area (Å²) in [5.74, 6) is -0.455. The highest BCUT2D eigenvalue weighted by molar-refractivity contribution is 8.00. The van der Waals surface area contributed by atoms with E-state index < -0.39 is 5.91 Å². The molecule has 0 atom stereocenters. The Balaban J connectivity index is 1.52. The molecule has 6 nitrogen and oxygen atoms in total. The monoisotopic (exact) mass is 368 g/mol. The van der Waals surface area contributed by atoms with Crippen LogP contribution in [0.15, 0.2) is 59.6 Å². The van der Waals surface area contributed by atoms with Gasteiger partial charge in [-0.05, 0) is 42.5 Å². The quantitative estimate of drug-likeness (QED) is 0.744. The number of nitrogens with one attached hydrogen (secondary N) is 2. The van der Waals surface area contributed by atoms with E-state index in [1.807, 2.05) is 6.07 Å². The maximum absolute atomic E-state index is 13.3. The number of carbonyl (C=O) groups excluding carboxylic acids is 2. The van der Waals surface area contributed by atoms with Crippen LogP contribution in [0.2, 0.25) is 0 Å². The van der Waals surface area contributed by atoms with Crippen LogP contribution in [-0.4, -0.2) is 27.3 Å². The highest BCUT2D eigenvalue weighted by Crippen LogP contribution is 2.33. The third-order valence-electron chi connectivity index (χ3n) is 3.76. The van der Waals surface area contributed by atoms with Crippen molar-refractivity contribution in [1.29, 1.82) is 0 Å². The maximum Gasteiger partial charge on any atom is 0.276 e. The number of amides is 2. The Morgan fingerprint density at radius 2 is 2.12 bits per heavy atom. The molecule has 0 fully saturated rings. The summed E-state index contributed by atoms with van der Waals surface area (Å²) in [5, 5.41) is 9.71. The van der Waals surface area contributed by atoms with Gasteiger partial charge in [0, 0.05) is 16.8 Å². The van der Waals surface area contributed by atoms with Crippen molar-refractivity contribution in [1.82, 2.24) is 9.78 Å². The van der Waals surface area contributed by atoms with Gasteiger partial charge in [0.15, 0.2) is 5.69 Å². The van der Waals surface area contributed by atoms with E-state index in [4.69, 9.17) is 0 Å². The predicted molar refractivity (Wildman–Crippen MR) is 97.3 cm³/mol. The van der Waals surface area contributed by atoms with Crippen LogP contribution in [0.25, 0.3) is 5.69 Å². The van der Waals surface area contributed by atoms with Gasteiger partial charge in [-0.25, -0.2) is 9.07 Å². The van der Waals surface area contributed by atoms with Crippen LogP contribution >= 0.6 is 11.8 Å². The van der Waals surface area contributed by atoms with Crippen molar-refractivity contribution >= 4 is 35.0 Å². The SMILES string of the molecule is O=C1CSc2ccc(NC(=O)c3ccn(-c4cccc(F)c4)n3)cc2N1. The van der Waals surface area contributed by atoms with E-state index in [2.05, 4.69) is 15.7 Å². The first-order valence-electron chi connectivity index (χ1n) is 7.78. The predicted octanol–water partition coefficient (Wildman–Crippen LogP) is 3.31. The summed E-state index contributed by atoms with van der Waals surface area (Å²) >= 11 is 1.45. The van der Waals surface area contributed by atoms with E-state index in [9.17, 15) is 14.0 Å². The molecule has 0 radical (unpaired) electrons. The standard InChI is InChI=1S/C18H13FN4O2S/c19-11-2-1-3-13(8-11)23-7-6-14(22-23)18(25)20-12-4-5-16-15(9-12)21-17(24)10-26-16/h1-9H,10H2,(H,20,25)(H,21,24). The van der Waals surface area contributed by atoms with Crippen LogP contribution in [0.3, 0.4) is 0 Å². The molecule has 2 aromatic carbocycles. The molecular formula is C18H13FN4O2S. The lowest BCUT2D eigenvalue weighted by molar-refractivity contribution is -0.113. The van der Waals surface area contributed by atoms with Gasteiger partial charge < -0.3 is 10.6 Å². The topological polar surface area (TPSA) is 76.0 Å². The number of hydrogen-bond acceptors (Lipinski definition) is 4. The molecule has 2 heterocycles. The van der Waals surface area contributed by atoms with Crippen molar-refractivity contribution in [2.45, 2.75) is 4.90 Å². The van der Waals surface area contributed by atoms with Crippen LogP contribution < -0.4 is 10.6 Å². The second-order valence-corrected chi connectivity index (χ2v) is 6.64. The fraction of sp³-hybridized carbons (Fsp3) is 0.0556. The molecular weight excluding hydrogens is 355 g/mol. The number of rotatable bonds is 3. The number of thioether (sulfide) groups is 1. The lowest BCUT2D eigenvalue weighted by Gasteiger charge is -2.17. The van der Waals surface area contributed by atoms with E-state index in [0.717, 1.165) is 4.90 Å². The van der Waals surface area contributed by atoms with Crippen molar-refractivity contribution in [3.63, 3.8) is 0 Å². The van der Waals surface area contributed by atoms with Gasteiger partial charge >= 0.3 is 0 Å². The molecule has 1 aromatic heterocycles. The minimum Gasteiger partial charge on any atom is -0.324 e. The number of anilines is 2. The molecule has 130 valence electrons. The average molecular weight is 368 g/mol. The molecule has 1 aliphatic heterocycles. The first kappa shape index (κ1) is 16.3. The third kappa shape index (κ3) is 3.31. The number of carbonyl (C=O) groups is 2. The van der Waals surface area contributed by atoms with Crippen LogP contribution in [0.1, 0.15) is 10.5 Å². The van der Waals surface area contributed by atoms with Gasteiger partial charge in [-0.2, -0.15) is 5.10 Å². The Kier molecular flexibility index (Phi) is 4.18. The summed E-state index contributed by atoms with van der Waals surface area (Å²) in [6.07, 6.45) is 1.59. The Bertz CT molecular complexity index is 1020. The fourth-order valence-electron chi connectivity index (χ4n) is 2.56. The van der Waals surface area contributed by atoms with Crippen molar-refractivity contribution in [3.8, 4) is 5.69 Å². The molecule has 4 rings (SSSR count). The molecule has 2 amide bonds. The van der Waals surface area contributed by atoms with Crippen LogP contribution in [0.4, 0.5) is 15.8 Å². The zero-order valence-corrected chi connectivity index (χ0v) is 14.2. The Morgan fingerprint density at radius 3 is 2.96 bits per heavy atom. The number of nitrogens with zero attached hydrogens (tertiary/aromatic N) is 2. The largest absolute Gasteiger partial charge is 0.324 e. The van der Waals surface area contributed by atoms with Crippen LogP contribution in [0.5, 0.6) is 0 Å². The van der Waals surface area contributed by atoms with E-state index in [1.54, 1.807) is 36.5 Å². The van der Waals surface area contributed by atoms with Gasteiger partial charge in [-0.3, -0.25) is 9.59 Å². The first-order valence-corrected chi connectivity index (χ1v) is 8.77. The van der Waals surface area contributed by atoms with Gasteiger partial charge in [0.05, 0.1) is 17.1 Å². The Hall–Kier alpha value is -3.13. The van der Waals surface area contributed by atoms with E-state index in [-0.39, 0.29) is 17.4 Å². The summed E-state index contributed by atoms with van der Waals surface area (Å²) in [5.41, 5.74) is 1.95. The molecule has 0 bridgehead atoms. The van der Waals surface area contributed by atoms with Crippen molar-refractivity contribution in [2.75, 3.05) is 16.4 Å². The third-order valence-corrected chi connectivity index (χ3v) is 4.84. The average Bonchev–Trinajstić information content (AvgIpc) is 3.12. The summed E-state index contributed by atoms with van der Waals surface area (Å²) in [6.45, 7) is 0. The highest BCUT2D eigenvalue weighted by atomic mass is 32.2. The molecule has 0 spiro atoms. The van der Waals surface area contributed by atoms with E-state index in [1.165, 1.54) is 28.6 Å². The molecule has 0 unspecified atom stereocenters. The van der Waals surface area contributed by atoms with Gasteiger partial charge in [0.1, 0.15) is 5.82 Å². The lowest BCUT2D eigenvalue weighted by atomic mass is 10.2. The van der Waals surface area contributed by atoms with Gasteiger partial charge in [0.25, 0.3) is 5.91 Å². The van der Waals surface area contributed by atoms with Crippen molar-refractivity contribution < 1.29 is 14.0 Å². The number of halogens is 1. The molecule has 3 aromatic rings. The molecule has 0 aliphatic carbocycles. The second kappa shape index (κ2) is 6.64. The first-order chi connectivity index (χ1) is 12.6. The fourth-order valence-corrected chi connectivity index (χ4v) is 3.35. The molecule has 0 saturated carbocycles. The number of aromatic nitrogens is 2. The normalized spacial score (nSPS) is 13.0. The molecule has 2 N–H and O–H groups in total. The number of benzene rings is 2. The minimum atomic E-state index is -0.394. The van der Waals surface area contributed by atoms with E-state index >= 15 is 0 Å². The van der Waals surface area contributed by atoms with Crippen LogP contribution in [-0.2, 0) is 4.79 Å². The smallest absolute Gasteiger partial charge is 0.276 e. The van der Waals surface area contributed by atoms with Gasteiger partial charge in [-0.1, -0.05) is 6.07 Å². The summed E-state index contributed by atoms with van der Waals surface area (Å²) < 4.78 is 14.8. The number of fused-ring (bicyclic) bond motifs is 1. The Labute approximate surface area is 152 Å².